The van der Waals surface area contributed by atoms with Crippen LogP contribution < -0.4 is 0 Å². The van der Waals surface area contributed by atoms with Gasteiger partial charge in [0.05, 0.1) is 6.61 Å². The molecule has 0 saturated carbocycles. The quantitative estimate of drug-likeness (QED) is 0.0196. The van der Waals surface area contributed by atoms with E-state index in [0.717, 1.165) is 51.4 Å². The number of rotatable bonds is 45. The van der Waals surface area contributed by atoms with Crippen molar-refractivity contribution in [2.45, 2.75) is 250 Å². The lowest BCUT2D eigenvalue weighted by Gasteiger charge is -2.40. The molecule has 0 aromatic heterocycles. The van der Waals surface area contributed by atoms with Crippen molar-refractivity contribution in [3.05, 3.63) is 72.9 Å². The smallest absolute Gasteiger partial charge is 0.306 e. The fraction of sp³-hybridized carbons (Fsp3) is 0.750. The summed E-state index contributed by atoms with van der Waals surface area (Å²) in [5.41, 5.74) is 0. The van der Waals surface area contributed by atoms with Crippen molar-refractivity contribution in [1.82, 2.24) is 0 Å². The number of carbonyl (C=O) groups is 2. The Balaban J connectivity index is 2.38. The highest BCUT2D eigenvalue weighted by atomic mass is 32.2. The lowest BCUT2D eigenvalue weighted by molar-refractivity contribution is -0.297. The molecule has 1 saturated heterocycles. The summed E-state index contributed by atoms with van der Waals surface area (Å²) in [6, 6.07) is 0. The van der Waals surface area contributed by atoms with Crippen LogP contribution in [0.15, 0.2) is 72.9 Å². The van der Waals surface area contributed by atoms with Crippen LogP contribution in [0.1, 0.15) is 213 Å². The van der Waals surface area contributed by atoms with Gasteiger partial charge in [0, 0.05) is 12.8 Å². The number of aliphatic hydroxyl groups is 3. The van der Waals surface area contributed by atoms with E-state index < -0.39 is 71.2 Å². The van der Waals surface area contributed by atoms with Crippen LogP contribution in [0.5, 0.6) is 0 Å². The third-order valence-corrected chi connectivity index (χ3v) is 12.8. The number of aliphatic hydroxyl groups excluding tert-OH is 3. The van der Waals surface area contributed by atoms with E-state index in [4.69, 9.17) is 18.9 Å². The van der Waals surface area contributed by atoms with Crippen molar-refractivity contribution in [1.29, 1.82) is 0 Å². The molecule has 0 aliphatic carbocycles. The molecule has 0 spiro atoms. The van der Waals surface area contributed by atoms with Crippen LogP contribution in [0.25, 0.3) is 0 Å². The van der Waals surface area contributed by atoms with E-state index in [1.54, 1.807) is 0 Å². The molecule has 0 amide bonds. The first-order valence-electron chi connectivity index (χ1n) is 27.0. The third-order valence-electron chi connectivity index (χ3n) is 12.1. The molecule has 1 rings (SSSR count). The predicted molar refractivity (Wildman–Crippen MR) is 279 cm³/mol. The van der Waals surface area contributed by atoms with Gasteiger partial charge in [0.15, 0.2) is 12.4 Å². The first-order chi connectivity index (χ1) is 33.5. The zero-order chi connectivity index (χ0) is 50.5. The Hall–Kier alpha value is -2.91. The molecule has 4 N–H and O–H groups in total. The zero-order valence-electron chi connectivity index (χ0n) is 42.9. The average Bonchev–Trinajstić information content (AvgIpc) is 3.32. The van der Waals surface area contributed by atoms with Gasteiger partial charge in [-0.1, -0.05) is 222 Å². The van der Waals surface area contributed by atoms with Gasteiger partial charge in [0.1, 0.15) is 36.8 Å². The van der Waals surface area contributed by atoms with Crippen molar-refractivity contribution >= 4 is 22.1 Å². The van der Waals surface area contributed by atoms with Crippen molar-refractivity contribution in [2.24, 2.45) is 0 Å². The maximum Gasteiger partial charge on any atom is 0.306 e. The highest BCUT2D eigenvalue weighted by molar-refractivity contribution is 7.85. The van der Waals surface area contributed by atoms with Gasteiger partial charge in [0.2, 0.25) is 0 Å². The summed E-state index contributed by atoms with van der Waals surface area (Å²) >= 11 is 0. The van der Waals surface area contributed by atoms with Crippen LogP contribution in [-0.2, 0) is 38.7 Å². The number of hydrogen-bond acceptors (Lipinski definition) is 11. The minimum Gasteiger partial charge on any atom is -0.462 e. The summed E-state index contributed by atoms with van der Waals surface area (Å²) < 4.78 is 54.2. The Bertz CT molecular complexity index is 1540. The van der Waals surface area contributed by atoms with Crippen LogP contribution in [0, 0.1) is 0 Å². The standard InChI is InChI=1S/C56H96O12S/c1-3-5-7-9-11-13-15-17-19-21-23-24-25-27-28-30-32-34-36-38-40-42-44-51(57)65-46-49(47-66-56-55(61)54(60)53(59)50(68-56)48-69(62,63)64)67-52(58)45-43-41-39-37-35-33-31-29-26-22-20-18-16-14-12-10-8-6-4-2/h6,8,12,14,18,20,26,29,33,35,39,41,49-50,53-56,59-61H,3-5,7,9-11,13,15-17,19,21-25,27-28,30-32,34,36-38,40,42-48H2,1-2H3,(H,62,63,64). The Labute approximate surface area is 418 Å². The normalized spacial score (nSPS) is 19.7. The Kier molecular flexibility index (Phi) is 41.8. The second-order valence-corrected chi connectivity index (χ2v) is 20.0. The predicted octanol–water partition coefficient (Wildman–Crippen LogP) is 12.6. The largest absolute Gasteiger partial charge is 0.462 e. The molecule has 13 heteroatoms. The summed E-state index contributed by atoms with van der Waals surface area (Å²) in [5, 5.41) is 31.0. The van der Waals surface area contributed by atoms with E-state index in [1.807, 2.05) is 12.2 Å². The van der Waals surface area contributed by atoms with E-state index in [2.05, 4.69) is 74.6 Å². The van der Waals surface area contributed by atoms with Gasteiger partial charge in [-0.25, -0.2) is 0 Å². The lowest BCUT2D eigenvalue weighted by atomic mass is 10.00. The SMILES string of the molecule is CCC=CCC=CCC=CCC=CCC=CCC=CCCC(=O)OC(COC(=O)CCCCCCCCCCCCCCCCCCCCCCCC)COC1OC(CS(=O)(=O)O)C(O)C(O)C1O. The van der Waals surface area contributed by atoms with Crippen molar-refractivity contribution < 1.29 is 56.8 Å². The zero-order valence-corrected chi connectivity index (χ0v) is 43.7. The van der Waals surface area contributed by atoms with Crippen LogP contribution >= 0.6 is 0 Å². The van der Waals surface area contributed by atoms with Gasteiger partial charge in [-0.05, 0) is 51.4 Å². The molecule has 1 heterocycles. The summed E-state index contributed by atoms with van der Waals surface area (Å²) in [5.74, 6) is -2.09. The highest BCUT2D eigenvalue weighted by Gasteiger charge is 2.46. The second-order valence-electron chi connectivity index (χ2n) is 18.5. The Morgan fingerprint density at radius 1 is 0.507 bits per heavy atom. The second kappa shape index (κ2) is 45.0. The highest BCUT2D eigenvalue weighted by Crippen LogP contribution is 2.24. The van der Waals surface area contributed by atoms with Crippen molar-refractivity contribution in [3.63, 3.8) is 0 Å². The number of hydrogen-bond donors (Lipinski definition) is 4. The Morgan fingerprint density at radius 2 is 0.913 bits per heavy atom. The number of ether oxygens (including phenoxy) is 4. The van der Waals surface area contributed by atoms with Gasteiger partial charge in [-0.3, -0.25) is 14.1 Å². The molecule has 398 valence electrons. The third kappa shape index (κ3) is 39.4. The van der Waals surface area contributed by atoms with Gasteiger partial charge >= 0.3 is 11.9 Å². The monoisotopic (exact) mass is 993 g/mol. The van der Waals surface area contributed by atoms with E-state index in [0.29, 0.717) is 19.3 Å². The molecule has 0 aromatic carbocycles. The molecule has 0 bridgehead atoms. The maximum atomic E-state index is 12.8. The molecular formula is C56H96O12S. The number of allylic oxidation sites excluding steroid dienone is 12. The first-order valence-corrected chi connectivity index (χ1v) is 28.6. The summed E-state index contributed by atoms with van der Waals surface area (Å²) in [4.78, 5) is 25.5. The molecule has 1 aliphatic heterocycles. The number of carbonyl (C=O) groups excluding carboxylic acids is 2. The van der Waals surface area contributed by atoms with Gasteiger partial charge in [-0.2, -0.15) is 8.42 Å². The molecular weight excluding hydrogens is 897 g/mol. The molecule has 0 aromatic rings. The first kappa shape index (κ1) is 64.1. The lowest BCUT2D eigenvalue weighted by Crippen LogP contribution is -2.60. The molecule has 6 atom stereocenters. The van der Waals surface area contributed by atoms with E-state index in [1.165, 1.54) is 116 Å². The van der Waals surface area contributed by atoms with E-state index in [9.17, 15) is 37.9 Å². The molecule has 1 fully saturated rings. The van der Waals surface area contributed by atoms with Crippen LogP contribution in [0.3, 0.4) is 0 Å². The van der Waals surface area contributed by atoms with Crippen LogP contribution in [0.4, 0.5) is 0 Å². The van der Waals surface area contributed by atoms with Crippen LogP contribution in [-0.4, -0.2) is 96.0 Å². The molecule has 12 nitrogen and oxygen atoms in total. The topological polar surface area (TPSA) is 186 Å². The van der Waals surface area contributed by atoms with E-state index >= 15 is 0 Å². The van der Waals surface area contributed by atoms with Gasteiger partial charge < -0.3 is 34.3 Å². The molecule has 6 unspecified atom stereocenters. The molecule has 0 radical (unpaired) electrons. The molecule has 1 aliphatic rings. The summed E-state index contributed by atoms with van der Waals surface area (Å²) in [6.07, 6.45) is 49.6. The fourth-order valence-electron chi connectivity index (χ4n) is 7.94. The average molecular weight is 993 g/mol. The maximum absolute atomic E-state index is 12.8. The van der Waals surface area contributed by atoms with Gasteiger partial charge in [-0.15, -0.1) is 0 Å². The van der Waals surface area contributed by atoms with Crippen molar-refractivity contribution in [2.75, 3.05) is 19.0 Å². The Morgan fingerprint density at radius 3 is 1.33 bits per heavy atom. The number of esters is 2. The summed E-state index contributed by atoms with van der Waals surface area (Å²) in [6.45, 7) is 3.62. The molecule has 69 heavy (non-hydrogen) atoms. The fourth-order valence-corrected chi connectivity index (χ4v) is 8.63. The van der Waals surface area contributed by atoms with Crippen LogP contribution in [0.2, 0.25) is 0 Å². The minimum atomic E-state index is -4.62. The summed E-state index contributed by atoms with van der Waals surface area (Å²) in [7, 11) is -4.62. The van der Waals surface area contributed by atoms with Gasteiger partial charge in [0.25, 0.3) is 10.1 Å². The number of unbranched alkanes of at least 4 members (excludes halogenated alkanes) is 21. The van der Waals surface area contributed by atoms with E-state index in [-0.39, 0.29) is 19.4 Å². The minimum absolute atomic E-state index is 0.0377. The van der Waals surface area contributed by atoms with Crippen molar-refractivity contribution in [3.8, 4) is 0 Å².